The predicted octanol–water partition coefficient (Wildman–Crippen LogP) is 3.29. The van der Waals surface area contributed by atoms with E-state index >= 15 is 0 Å². The van der Waals surface area contributed by atoms with Gasteiger partial charge in [0.05, 0.1) is 11.7 Å². The highest BCUT2D eigenvalue weighted by molar-refractivity contribution is 9.10. The molecule has 1 aliphatic carbocycles. The number of hydrogen-bond donors (Lipinski definition) is 3. The number of nitrogens with two attached hydrogens (primary N) is 1. The van der Waals surface area contributed by atoms with E-state index in [1.807, 2.05) is 0 Å². The van der Waals surface area contributed by atoms with Crippen LogP contribution in [0, 0.1) is 11.6 Å². The summed E-state index contributed by atoms with van der Waals surface area (Å²) in [6.07, 6.45) is 5.50. The standard InChI is InChI=1S/C13H17BrF2N4/c14-10-6-8(15)7-11(16)12(10)19-13(20-17)18-9-4-2-1-3-5-9/h6-7,9H,1-5,17H2,(H2,18,19,20). The van der Waals surface area contributed by atoms with E-state index in [0.717, 1.165) is 31.7 Å². The Balaban J connectivity index is 2.15. The number of hydrazine groups is 1. The minimum absolute atomic E-state index is 0.110. The molecule has 2 rings (SSSR count). The summed E-state index contributed by atoms with van der Waals surface area (Å²) in [6.45, 7) is 0. The van der Waals surface area contributed by atoms with Crippen molar-refractivity contribution in [3.05, 3.63) is 28.2 Å². The molecule has 20 heavy (non-hydrogen) atoms. The Bertz CT molecular complexity index is 478. The topological polar surface area (TPSA) is 62.4 Å². The van der Waals surface area contributed by atoms with Crippen LogP contribution < -0.4 is 16.6 Å². The molecule has 0 atom stereocenters. The van der Waals surface area contributed by atoms with Gasteiger partial charge in [-0.25, -0.2) is 19.6 Å². The van der Waals surface area contributed by atoms with Crippen molar-refractivity contribution in [2.75, 3.05) is 5.32 Å². The molecular formula is C13H17BrF2N4. The zero-order chi connectivity index (χ0) is 14.5. The second kappa shape index (κ2) is 6.99. The summed E-state index contributed by atoms with van der Waals surface area (Å²) in [4.78, 5) is 4.44. The molecule has 0 radical (unpaired) electrons. The normalized spacial score (nSPS) is 17.1. The minimum atomic E-state index is -0.705. The van der Waals surface area contributed by atoms with Gasteiger partial charge in [0.2, 0.25) is 5.96 Å². The van der Waals surface area contributed by atoms with Crippen molar-refractivity contribution in [2.24, 2.45) is 10.8 Å². The van der Waals surface area contributed by atoms with E-state index in [0.29, 0.717) is 0 Å². The Morgan fingerprint density at radius 1 is 1.25 bits per heavy atom. The lowest BCUT2D eigenvalue weighted by molar-refractivity contribution is 0.442. The second-order valence-corrected chi connectivity index (χ2v) is 5.64. The largest absolute Gasteiger partial charge is 0.322 e. The Kier molecular flexibility index (Phi) is 5.31. The molecule has 0 unspecified atom stereocenters. The van der Waals surface area contributed by atoms with Gasteiger partial charge in [-0.1, -0.05) is 19.3 Å². The van der Waals surface area contributed by atoms with Crippen LogP contribution in [0.15, 0.2) is 21.6 Å². The van der Waals surface area contributed by atoms with Gasteiger partial charge in [-0.15, -0.1) is 0 Å². The van der Waals surface area contributed by atoms with Crippen molar-refractivity contribution in [3.63, 3.8) is 0 Å². The highest BCUT2D eigenvalue weighted by Crippen LogP contribution is 2.27. The third-order valence-corrected chi connectivity index (χ3v) is 3.90. The number of anilines is 1. The van der Waals surface area contributed by atoms with Crippen LogP contribution in [0.3, 0.4) is 0 Å². The number of benzene rings is 1. The quantitative estimate of drug-likeness (QED) is 0.333. The maximum Gasteiger partial charge on any atom is 0.210 e. The highest BCUT2D eigenvalue weighted by Gasteiger charge is 2.15. The van der Waals surface area contributed by atoms with E-state index in [2.05, 4.69) is 31.7 Å². The average molecular weight is 347 g/mol. The van der Waals surface area contributed by atoms with Crippen molar-refractivity contribution in [2.45, 2.75) is 38.1 Å². The first-order valence-corrected chi connectivity index (χ1v) is 7.35. The summed E-state index contributed by atoms with van der Waals surface area (Å²) >= 11 is 3.11. The third kappa shape index (κ3) is 3.89. The molecule has 0 spiro atoms. The molecule has 0 saturated heterocycles. The van der Waals surface area contributed by atoms with Crippen molar-refractivity contribution in [1.29, 1.82) is 0 Å². The van der Waals surface area contributed by atoms with Crippen LogP contribution in [0.5, 0.6) is 0 Å². The molecule has 1 saturated carbocycles. The first-order chi connectivity index (χ1) is 9.60. The van der Waals surface area contributed by atoms with Gasteiger partial charge >= 0.3 is 0 Å². The number of guanidine groups is 1. The SMILES string of the molecule is NNC(=NC1CCCCC1)Nc1c(F)cc(F)cc1Br. The fourth-order valence-corrected chi connectivity index (χ4v) is 2.79. The molecule has 7 heteroatoms. The zero-order valence-corrected chi connectivity index (χ0v) is 12.5. The molecule has 1 aromatic carbocycles. The van der Waals surface area contributed by atoms with E-state index in [4.69, 9.17) is 5.84 Å². The Hall–Kier alpha value is -1.21. The van der Waals surface area contributed by atoms with Crippen LogP contribution >= 0.6 is 15.9 Å². The van der Waals surface area contributed by atoms with Crippen LogP contribution in [0.4, 0.5) is 14.5 Å². The lowest BCUT2D eigenvalue weighted by Gasteiger charge is -2.20. The predicted molar refractivity (Wildman–Crippen MR) is 79.3 cm³/mol. The van der Waals surface area contributed by atoms with Crippen molar-refractivity contribution >= 4 is 27.6 Å². The molecule has 1 aliphatic rings. The van der Waals surface area contributed by atoms with Crippen LogP contribution in [-0.4, -0.2) is 12.0 Å². The number of nitrogens with one attached hydrogen (secondary N) is 2. The smallest absolute Gasteiger partial charge is 0.210 e. The lowest BCUT2D eigenvalue weighted by Crippen LogP contribution is -2.38. The van der Waals surface area contributed by atoms with Crippen LogP contribution in [0.1, 0.15) is 32.1 Å². The molecule has 4 N–H and O–H groups in total. The van der Waals surface area contributed by atoms with Gasteiger partial charge < -0.3 is 5.32 Å². The Labute approximate surface area is 124 Å². The van der Waals surface area contributed by atoms with Gasteiger partial charge in [-0.3, -0.25) is 5.43 Å². The molecule has 1 aromatic rings. The molecule has 0 aromatic heterocycles. The summed E-state index contributed by atoms with van der Waals surface area (Å²) in [7, 11) is 0. The van der Waals surface area contributed by atoms with E-state index in [1.165, 1.54) is 12.5 Å². The second-order valence-electron chi connectivity index (χ2n) is 4.78. The fourth-order valence-electron chi connectivity index (χ4n) is 2.28. The van der Waals surface area contributed by atoms with Crippen LogP contribution in [-0.2, 0) is 0 Å². The van der Waals surface area contributed by atoms with Crippen LogP contribution in [0.2, 0.25) is 0 Å². The van der Waals surface area contributed by atoms with Gasteiger partial charge in [0.25, 0.3) is 0 Å². The molecule has 110 valence electrons. The van der Waals surface area contributed by atoms with Gasteiger partial charge in [0.15, 0.2) is 5.82 Å². The highest BCUT2D eigenvalue weighted by atomic mass is 79.9. The summed E-state index contributed by atoms with van der Waals surface area (Å²) in [5, 5.41) is 2.77. The van der Waals surface area contributed by atoms with Gasteiger partial charge in [0, 0.05) is 10.5 Å². The summed E-state index contributed by atoms with van der Waals surface area (Å²) < 4.78 is 27.0. The summed E-state index contributed by atoms with van der Waals surface area (Å²) in [5.74, 6) is 4.34. The minimum Gasteiger partial charge on any atom is -0.322 e. The molecule has 0 aliphatic heterocycles. The van der Waals surface area contributed by atoms with Crippen molar-refractivity contribution < 1.29 is 8.78 Å². The first kappa shape index (κ1) is 15.2. The molecule has 0 amide bonds. The number of rotatable bonds is 2. The molecule has 0 heterocycles. The monoisotopic (exact) mass is 346 g/mol. The number of hydrogen-bond acceptors (Lipinski definition) is 2. The number of halogens is 3. The first-order valence-electron chi connectivity index (χ1n) is 6.56. The van der Waals surface area contributed by atoms with Gasteiger partial charge in [0.1, 0.15) is 5.82 Å². The van der Waals surface area contributed by atoms with Crippen molar-refractivity contribution in [3.8, 4) is 0 Å². The average Bonchev–Trinajstić information content (AvgIpc) is 2.42. The molecular weight excluding hydrogens is 330 g/mol. The Morgan fingerprint density at radius 3 is 2.55 bits per heavy atom. The van der Waals surface area contributed by atoms with E-state index < -0.39 is 11.6 Å². The summed E-state index contributed by atoms with van der Waals surface area (Å²) in [6, 6.07) is 2.17. The fraction of sp³-hybridized carbons (Fsp3) is 0.462. The van der Waals surface area contributed by atoms with Gasteiger partial charge in [-0.05, 0) is 34.8 Å². The molecule has 0 bridgehead atoms. The summed E-state index contributed by atoms with van der Waals surface area (Å²) in [5.41, 5.74) is 2.53. The third-order valence-electron chi connectivity index (χ3n) is 3.27. The Morgan fingerprint density at radius 2 is 1.95 bits per heavy atom. The van der Waals surface area contributed by atoms with E-state index in [9.17, 15) is 8.78 Å². The number of nitrogens with zero attached hydrogens (tertiary/aromatic N) is 1. The van der Waals surface area contributed by atoms with E-state index in [-0.39, 0.29) is 22.2 Å². The van der Waals surface area contributed by atoms with Crippen LogP contribution in [0.25, 0.3) is 0 Å². The number of aliphatic imine (C=N–C) groups is 1. The molecule has 1 fully saturated rings. The lowest BCUT2D eigenvalue weighted by atomic mass is 9.96. The molecule has 4 nitrogen and oxygen atoms in total. The van der Waals surface area contributed by atoms with Crippen molar-refractivity contribution in [1.82, 2.24) is 5.43 Å². The van der Waals surface area contributed by atoms with Gasteiger partial charge in [-0.2, -0.15) is 0 Å². The maximum atomic E-state index is 13.7. The van der Waals surface area contributed by atoms with E-state index in [1.54, 1.807) is 0 Å². The maximum absolute atomic E-state index is 13.7. The zero-order valence-electron chi connectivity index (χ0n) is 10.9.